The molecule has 0 unspecified atom stereocenters. The smallest absolute Gasteiger partial charge is 0.261 e. The van der Waals surface area contributed by atoms with E-state index in [1.807, 2.05) is 13.8 Å². The van der Waals surface area contributed by atoms with Crippen LogP contribution in [0.4, 0.5) is 10.1 Å². The molecule has 28 heavy (non-hydrogen) atoms. The van der Waals surface area contributed by atoms with E-state index in [-0.39, 0.29) is 45.2 Å². The summed E-state index contributed by atoms with van der Waals surface area (Å²) in [6, 6.07) is 3.97. The second-order valence-corrected chi connectivity index (χ2v) is 7.36. The van der Waals surface area contributed by atoms with Gasteiger partial charge in [-0.3, -0.25) is 20.1 Å². The molecule has 2 aromatic rings. The molecule has 1 aromatic carbocycles. The molecule has 0 bridgehead atoms. The summed E-state index contributed by atoms with van der Waals surface area (Å²) in [6.07, 6.45) is 1.39. The van der Waals surface area contributed by atoms with E-state index in [1.54, 1.807) is 0 Å². The number of amides is 1. The highest BCUT2D eigenvalue weighted by Gasteiger charge is 2.27. The van der Waals surface area contributed by atoms with Gasteiger partial charge in [0.15, 0.2) is 17.5 Å². The molecule has 0 spiro atoms. The number of hydrogen-bond donors (Lipinski definition) is 3. The first-order valence-corrected chi connectivity index (χ1v) is 8.68. The van der Waals surface area contributed by atoms with Crippen molar-refractivity contribution in [2.45, 2.75) is 20.8 Å². The van der Waals surface area contributed by atoms with E-state index >= 15 is 0 Å². The number of hydrogen-bond acceptors (Lipinski definition) is 5. The highest BCUT2D eigenvalue weighted by Crippen LogP contribution is 2.39. The maximum atomic E-state index is 14.7. The van der Waals surface area contributed by atoms with E-state index in [1.165, 1.54) is 31.3 Å². The Morgan fingerprint density at radius 3 is 2.79 bits per heavy atom. The second-order valence-electron chi connectivity index (χ2n) is 7.36. The van der Waals surface area contributed by atoms with Crippen molar-refractivity contribution in [1.82, 2.24) is 15.6 Å². The molecule has 0 fully saturated rings. The first kappa shape index (κ1) is 19.3. The summed E-state index contributed by atoms with van der Waals surface area (Å²) in [5.41, 5.74) is -0.00178. The van der Waals surface area contributed by atoms with E-state index in [0.29, 0.717) is 13.1 Å². The molecule has 2 heterocycles. The van der Waals surface area contributed by atoms with Gasteiger partial charge in [0, 0.05) is 35.8 Å². The van der Waals surface area contributed by atoms with Crippen LogP contribution in [0.5, 0.6) is 5.75 Å². The summed E-state index contributed by atoms with van der Waals surface area (Å²) < 4.78 is 14.7. The Labute approximate surface area is 162 Å². The number of nitrogens with one attached hydrogen (secondary N) is 2. The average molecular weight is 381 g/mol. The number of guanidine groups is 1. The summed E-state index contributed by atoms with van der Waals surface area (Å²) in [6.45, 7) is 14.1. The number of pyridine rings is 1. The molecule has 1 amide bonds. The van der Waals surface area contributed by atoms with Crippen molar-refractivity contribution >= 4 is 17.6 Å². The van der Waals surface area contributed by atoms with Crippen LogP contribution in [0.1, 0.15) is 29.9 Å². The normalized spacial score (nSPS) is 15.2. The number of rotatable bonds is 2. The van der Waals surface area contributed by atoms with E-state index in [0.717, 1.165) is 0 Å². The fourth-order valence-corrected chi connectivity index (χ4v) is 2.90. The molecule has 0 aliphatic carbocycles. The van der Waals surface area contributed by atoms with E-state index in [2.05, 4.69) is 25.5 Å². The number of aromatic nitrogens is 1. The van der Waals surface area contributed by atoms with E-state index in [4.69, 9.17) is 6.57 Å². The lowest BCUT2D eigenvalue weighted by Gasteiger charge is -2.29. The van der Waals surface area contributed by atoms with Crippen molar-refractivity contribution in [3.63, 3.8) is 0 Å². The number of nitrogens with zero attached hydrogens (tertiary/aromatic N) is 3. The summed E-state index contributed by atoms with van der Waals surface area (Å²) in [5, 5.41) is 16.0. The number of carbonyl (C=O) groups excluding carboxylic acids is 1. The van der Waals surface area contributed by atoms with Gasteiger partial charge in [-0.05, 0) is 19.1 Å². The quantitative estimate of drug-likeness (QED) is 0.697. The van der Waals surface area contributed by atoms with E-state index < -0.39 is 11.7 Å². The number of aryl methyl sites for hydroxylation is 1. The zero-order valence-electron chi connectivity index (χ0n) is 15.8. The summed E-state index contributed by atoms with van der Waals surface area (Å²) in [7, 11) is 0. The van der Waals surface area contributed by atoms with Crippen LogP contribution in [-0.4, -0.2) is 35.0 Å². The number of carbonyl (C=O) groups is 1. The van der Waals surface area contributed by atoms with Crippen LogP contribution in [0, 0.1) is 24.7 Å². The van der Waals surface area contributed by atoms with Crippen LogP contribution in [0.3, 0.4) is 0 Å². The lowest BCUT2D eigenvalue weighted by Crippen LogP contribution is -2.49. The highest BCUT2D eigenvalue weighted by molar-refractivity contribution is 6.12. The van der Waals surface area contributed by atoms with E-state index in [9.17, 15) is 14.3 Å². The van der Waals surface area contributed by atoms with Crippen LogP contribution in [0.25, 0.3) is 16.0 Å². The number of phenolic OH excluding ortho intramolecular Hbond substituents is 1. The summed E-state index contributed by atoms with van der Waals surface area (Å²) >= 11 is 0. The Bertz CT molecular complexity index is 1020. The Morgan fingerprint density at radius 1 is 1.39 bits per heavy atom. The molecule has 3 rings (SSSR count). The van der Waals surface area contributed by atoms with Gasteiger partial charge in [0.05, 0.1) is 17.8 Å². The molecule has 0 saturated heterocycles. The Hall–Kier alpha value is -3.47. The van der Waals surface area contributed by atoms with Gasteiger partial charge in [-0.15, -0.1) is 0 Å². The number of benzene rings is 1. The topological polar surface area (TPSA) is 91.0 Å². The zero-order chi connectivity index (χ0) is 20.5. The largest absolute Gasteiger partial charge is 0.507 e. The third kappa shape index (κ3) is 3.64. The molecule has 0 saturated carbocycles. The SMILES string of the molecule is [C-]#[N+]c1ccc(O)c(C(=O)NC2=NCC(C)(C)CN2)c1-c1ccnc(C)c1F. The molecule has 1 aliphatic rings. The predicted molar refractivity (Wildman–Crippen MR) is 104 cm³/mol. The molecule has 3 N–H and O–H groups in total. The van der Waals surface area contributed by atoms with Gasteiger partial charge in [0.25, 0.3) is 5.91 Å². The van der Waals surface area contributed by atoms with Crippen LogP contribution >= 0.6 is 0 Å². The second kappa shape index (κ2) is 7.27. The Morgan fingerprint density at radius 2 is 2.14 bits per heavy atom. The fourth-order valence-electron chi connectivity index (χ4n) is 2.90. The van der Waals surface area contributed by atoms with Crippen molar-refractivity contribution in [3.05, 3.63) is 52.9 Å². The Balaban J connectivity index is 2.09. The molecule has 1 aromatic heterocycles. The van der Waals surface area contributed by atoms with Gasteiger partial charge in [0.2, 0.25) is 0 Å². The van der Waals surface area contributed by atoms with Crippen LogP contribution < -0.4 is 10.6 Å². The van der Waals surface area contributed by atoms with Crippen molar-refractivity contribution in [2.24, 2.45) is 10.4 Å². The van der Waals surface area contributed by atoms with Crippen LogP contribution in [0.15, 0.2) is 29.4 Å². The van der Waals surface area contributed by atoms with Crippen molar-refractivity contribution < 1.29 is 14.3 Å². The van der Waals surface area contributed by atoms with Gasteiger partial charge in [-0.25, -0.2) is 9.24 Å². The average Bonchev–Trinajstić information content (AvgIpc) is 2.65. The van der Waals surface area contributed by atoms with Crippen molar-refractivity contribution in [1.29, 1.82) is 0 Å². The predicted octanol–water partition coefficient (Wildman–Crippen LogP) is 3.17. The minimum Gasteiger partial charge on any atom is -0.507 e. The molecule has 144 valence electrons. The van der Waals surface area contributed by atoms with Gasteiger partial charge in [-0.2, -0.15) is 0 Å². The molecule has 0 radical (unpaired) electrons. The first-order valence-electron chi connectivity index (χ1n) is 8.68. The number of phenols is 1. The maximum Gasteiger partial charge on any atom is 0.261 e. The molecule has 0 atom stereocenters. The van der Waals surface area contributed by atoms with Crippen LogP contribution in [0.2, 0.25) is 0 Å². The fraction of sp³-hybridized carbons (Fsp3) is 0.300. The van der Waals surface area contributed by atoms with Crippen LogP contribution in [-0.2, 0) is 0 Å². The van der Waals surface area contributed by atoms with Crippen molar-refractivity contribution in [3.8, 4) is 16.9 Å². The molecular formula is C20H20FN5O2. The summed E-state index contributed by atoms with van der Waals surface area (Å²) in [5.74, 6) is -1.42. The van der Waals surface area contributed by atoms with Crippen molar-refractivity contribution in [2.75, 3.05) is 13.1 Å². The number of aliphatic imine (C=N–C) groups is 1. The zero-order valence-corrected chi connectivity index (χ0v) is 15.8. The number of halogens is 1. The lowest BCUT2D eigenvalue weighted by atomic mass is 9.93. The monoisotopic (exact) mass is 381 g/mol. The van der Waals surface area contributed by atoms with Gasteiger partial charge >= 0.3 is 0 Å². The molecule has 1 aliphatic heterocycles. The minimum atomic E-state index is -0.683. The standard InChI is InChI=1S/C20H20FN5O2/c1-11-17(21)12(7-8-23-11)15-13(22-4)5-6-14(27)16(15)18(28)26-19-24-9-20(2,3)10-25-19/h5-8,27H,9-10H2,1-3H3,(H2,24,25,26,28). The van der Waals surface area contributed by atoms with Gasteiger partial charge < -0.3 is 10.4 Å². The molecule has 8 heteroatoms. The lowest BCUT2D eigenvalue weighted by molar-refractivity contribution is 0.0972. The first-order chi connectivity index (χ1) is 13.2. The highest BCUT2D eigenvalue weighted by atomic mass is 19.1. The third-order valence-electron chi connectivity index (χ3n) is 4.47. The third-order valence-corrected chi connectivity index (χ3v) is 4.47. The molecule has 7 nitrogen and oxygen atoms in total. The van der Waals surface area contributed by atoms with Gasteiger partial charge in [0.1, 0.15) is 5.75 Å². The minimum absolute atomic E-state index is 0.0206. The number of aromatic hydroxyl groups is 1. The van der Waals surface area contributed by atoms with Gasteiger partial charge in [-0.1, -0.05) is 19.9 Å². The summed E-state index contributed by atoms with van der Waals surface area (Å²) in [4.78, 5) is 24.5. The molecular weight excluding hydrogens is 361 g/mol. The Kier molecular flexibility index (Phi) is 5.01. The maximum absolute atomic E-state index is 14.7.